The highest BCUT2D eigenvalue weighted by molar-refractivity contribution is 5.76. The van der Waals surface area contributed by atoms with Gasteiger partial charge in [-0.05, 0) is 43.7 Å². The van der Waals surface area contributed by atoms with Crippen LogP contribution in [0.2, 0.25) is 0 Å². The van der Waals surface area contributed by atoms with E-state index in [0.29, 0.717) is 0 Å². The van der Waals surface area contributed by atoms with Crippen molar-refractivity contribution in [3.8, 4) is 5.75 Å². The highest BCUT2D eigenvalue weighted by atomic mass is 16.5. The number of ether oxygens (including phenoxy) is 1. The lowest BCUT2D eigenvalue weighted by Crippen LogP contribution is -2.35. The fourth-order valence-electron chi connectivity index (χ4n) is 2.30. The van der Waals surface area contributed by atoms with Crippen molar-refractivity contribution >= 4 is 11.7 Å². The Bertz CT molecular complexity index is 621. The first kappa shape index (κ1) is 15.9. The molecule has 1 atom stereocenters. The number of carboxylic acids is 1. The van der Waals surface area contributed by atoms with E-state index in [-0.39, 0.29) is 6.04 Å². The van der Waals surface area contributed by atoms with Gasteiger partial charge < -0.3 is 15.2 Å². The van der Waals surface area contributed by atoms with Crippen LogP contribution in [0.15, 0.2) is 54.6 Å². The van der Waals surface area contributed by atoms with E-state index in [2.05, 4.69) is 5.32 Å². The summed E-state index contributed by atoms with van der Waals surface area (Å²) >= 11 is 0. The van der Waals surface area contributed by atoms with E-state index in [0.717, 1.165) is 17.0 Å². The summed E-state index contributed by atoms with van der Waals surface area (Å²) in [5, 5.41) is 12.9. The second-order valence-electron chi connectivity index (χ2n) is 5.74. The first-order valence-electron chi connectivity index (χ1n) is 7.14. The molecule has 0 aliphatic rings. The van der Waals surface area contributed by atoms with E-state index in [1.807, 2.05) is 54.6 Å². The normalized spacial score (nSPS) is 12.5. The van der Waals surface area contributed by atoms with Crippen LogP contribution in [0.4, 0.5) is 5.69 Å². The zero-order chi connectivity index (χ0) is 16.2. The molecule has 0 bridgehead atoms. The Hall–Kier alpha value is -2.49. The summed E-state index contributed by atoms with van der Waals surface area (Å²) in [7, 11) is 1.61. The summed E-state index contributed by atoms with van der Waals surface area (Å²) in [6.45, 7) is 3.45. The fourth-order valence-corrected chi connectivity index (χ4v) is 2.30. The van der Waals surface area contributed by atoms with Crippen molar-refractivity contribution in [3.63, 3.8) is 0 Å². The van der Waals surface area contributed by atoms with Gasteiger partial charge in [0.05, 0.1) is 18.6 Å². The van der Waals surface area contributed by atoms with Crippen molar-refractivity contribution in [1.29, 1.82) is 0 Å². The van der Waals surface area contributed by atoms with Gasteiger partial charge in [-0.15, -0.1) is 0 Å². The van der Waals surface area contributed by atoms with Crippen molar-refractivity contribution < 1.29 is 14.6 Å². The van der Waals surface area contributed by atoms with E-state index in [4.69, 9.17) is 4.74 Å². The Morgan fingerprint density at radius 2 is 1.68 bits per heavy atom. The maximum atomic E-state index is 11.7. The number of anilines is 1. The number of hydrogen-bond acceptors (Lipinski definition) is 3. The largest absolute Gasteiger partial charge is 0.497 e. The SMILES string of the molecule is COc1ccc(NC(c2ccccc2)C(C)(C)C(=O)O)cc1. The molecule has 0 spiro atoms. The molecule has 2 aromatic rings. The minimum Gasteiger partial charge on any atom is -0.497 e. The highest BCUT2D eigenvalue weighted by Crippen LogP contribution is 2.36. The Kier molecular flexibility index (Phi) is 4.71. The van der Waals surface area contributed by atoms with Crippen molar-refractivity contribution in [2.45, 2.75) is 19.9 Å². The number of nitrogens with one attached hydrogen (secondary N) is 1. The van der Waals surface area contributed by atoms with E-state index in [1.54, 1.807) is 21.0 Å². The van der Waals surface area contributed by atoms with Crippen LogP contribution in [0.1, 0.15) is 25.5 Å². The number of aliphatic carboxylic acids is 1. The molecule has 2 aromatic carbocycles. The van der Waals surface area contributed by atoms with Crippen LogP contribution in [-0.2, 0) is 4.79 Å². The second-order valence-corrected chi connectivity index (χ2v) is 5.74. The van der Waals surface area contributed by atoms with Crippen LogP contribution in [-0.4, -0.2) is 18.2 Å². The summed E-state index contributed by atoms with van der Waals surface area (Å²) in [6, 6.07) is 16.7. The molecule has 2 N–H and O–H groups in total. The molecule has 0 fully saturated rings. The Morgan fingerprint density at radius 1 is 1.09 bits per heavy atom. The Balaban J connectivity index is 2.34. The predicted octanol–water partition coefficient (Wildman–Crippen LogP) is 3.96. The molecule has 0 aliphatic heterocycles. The highest BCUT2D eigenvalue weighted by Gasteiger charge is 2.37. The zero-order valence-corrected chi connectivity index (χ0v) is 13.0. The molecular weight excluding hydrogens is 278 g/mol. The van der Waals surface area contributed by atoms with Gasteiger partial charge >= 0.3 is 5.97 Å². The Morgan fingerprint density at radius 3 is 2.18 bits per heavy atom. The smallest absolute Gasteiger partial charge is 0.311 e. The summed E-state index contributed by atoms with van der Waals surface area (Å²) in [5.41, 5.74) is 0.830. The number of rotatable bonds is 6. The molecule has 0 saturated carbocycles. The summed E-state index contributed by atoms with van der Waals surface area (Å²) in [4.78, 5) is 11.7. The van der Waals surface area contributed by atoms with Crippen LogP contribution >= 0.6 is 0 Å². The van der Waals surface area contributed by atoms with Crippen LogP contribution in [0, 0.1) is 5.41 Å². The quantitative estimate of drug-likeness (QED) is 0.847. The molecule has 22 heavy (non-hydrogen) atoms. The fraction of sp³-hybridized carbons (Fsp3) is 0.278. The van der Waals surface area contributed by atoms with Crippen LogP contribution in [0.25, 0.3) is 0 Å². The topological polar surface area (TPSA) is 58.6 Å². The molecule has 4 nitrogen and oxygen atoms in total. The standard InChI is InChI=1S/C18H21NO3/c1-18(2,17(20)21)16(13-7-5-4-6-8-13)19-14-9-11-15(22-3)12-10-14/h4-12,16,19H,1-3H3,(H,20,21). The number of hydrogen-bond donors (Lipinski definition) is 2. The van der Waals surface area contributed by atoms with Gasteiger partial charge in [-0.2, -0.15) is 0 Å². The summed E-state index contributed by atoms with van der Waals surface area (Å²) in [6.07, 6.45) is 0. The molecule has 0 aliphatic carbocycles. The number of carbonyl (C=O) groups is 1. The molecule has 2 rings (SSSR count). The van der Waals surface area contributed by atoms with Gasteiger partial charge in [0.15, 0.2) is 0 Å². The van der Waals surface area contributed by atoms with Gasteiger partial charge in [0.1, 0.15) is 5.75 Å². The van der Waals surface area contributed by atoms with Crippen molar-refractivity contribution in [2.24, 2.45) is 5.41 Å². The maximum absolute atomic E-state index is 11.7. The first-order chi connectivity index (χ1) is 10.4. The van der Waals surface area contributed by atoms with Crippen LogP contribution in [0.3, 0.4) is 0 Å². The zero-order valence-electron chi connectivity index (χ0n) is 13.0. The van der Waals surface area contributed by atoms with E-state index >= 15 is 0 Å². The minimum atomic E-state index is -0.957. The third-order valence-electron chi connectivity index (χ3n) is 3.81. The van der Waals surface area contributed by atoms with E-state index < -0.39 is 11.4 Å². The number of benzene rings is 2. The van der Waals surface area contributed by atoms with Gasteiger partial charge in [-0.25, -0.2) is 0 Å². The van der Waals surface area contributed by atoms with Gasteiger partial charge in [0.25, 0.3) is 0 Å². The molecule has 1 unspecified atom stereocenters. The predicted molar refractivity (Wildman–Crippen MR) is 87.2 cm³/mol. The van der Waals surface area contributed by atoms with E-state index in [9.17, 15) is 9.90 Å². The average Bonchev–Trinajstić information content (AvgIpc) is 2.53. The third kappa shape index (κ3) is 3.39. The third-order valence-corrected chi connectivity index (χ3v) is 3.81. The van der Waals surface area contributed by atoms with Gasteiger partial charge in [0, 0.05) is 5.69 Å². The molecule has 0 heterocycles. The Labute approximate surface area is 130 Å². The molecule has 4 heteroatoms. The number of carboxylic acid groups (broad SMARTS) is 1. The lowest BCUT2D eigenvalue weighted by atomic mass is 9.80. The minimum absolute atomic E-state index is 0.348. The van der Waals surface area contributed by atoms with Crippen molar-refractivity contribution in [2.75, 3.05) is 12.4 Å². The molecule has 0 radical (unpaired) electrons. The van der Waals surface area contributed by atoms with Gasteiger partial charge in [-0.1, -0.05) is 30.3 Å². The molecular formula is C18H21NO3. The molecule has 0 aromatic heterocycles. The first-order valence-corrected chi connectivity index (χ1v) is 7.14. The second kappa shape index (κ2) is 6.52. The average molecular weight is 299 g/mol. The van der Waals surface area contributed by atoms with E-state index in [1.165, 1.54) is 0 Å². The van der Waals surface area contributed by atoms with Gasteiger partial charge in [0.2, 0.25) is 0 Å². The molecule has 116 valence electrons. The number of methoxy groups -OCH3 is 1. The van der Waals surface area contributed by atoms with Crippen molar-refractivity contribution in [1.82, 2.24) is 0 Å². The molecule has 0 saturated heterocycles. The van der Waals surface area contributed by atoms with Crippen molar-refractivity contribution in [3.05, 3.63) is 60.2 Å². The lowest BCUT2D eigenvalue weighted by Gasteiger charge is -2.32. The summed E-state index contributed by atoms with van der Waals surface area (Å²) < 4.78 is 5.14. The van der Waals surface area contributed by atoms with Gasteiger partial charge in [-0.3, -0.25) is 4.79 Å². The lowest BCUT2D eigenvalue weighted by molar-refractivity contribution is -0.147. The van der Waals surface area contributed by atoms with Crippen LogP contribution < -0.4 is 10.1 Å². The maximum Gasteiger partial charge on any atom is 0.311 e. The summed E-state index contributed by atoms with van der Waals surface area (Å²) in [5.74, 6) is -0.0818. The monoisotopic (exact) mass is 299 g/mol. The molecule has 0 amide bonds. The van der Waals surface area contributed by atoms with Crippen LogP contribution in [0.5, 0.6) is 5.75 Å².